The first kappa shape index (κ1) is 15.9. The molecule has 2 aliphatic heterocycles. The average Bonchev–Trinajstić information content (AvgIpc) is 2.89. The lowest BCUT2D eigenvalue weighted by molar-refractivity contribution is -0.0452. The first-order chi connectivity index (χ1) is 11.7. The number of phenols is 1. The number of nitrogens with two attached hydrogens (primary N) is 2. The van der Waals surface area contributed by atoms with Gasteiger partial charge in [0.25, 0.3) is 0 Å². The summed E-state index contributed by atoms with van der Waals surface area (Å²) in [5, 5.41) is 21.4. The Morgan fingerprint density at radius 2 is 2.16 bits per heavy atom. The van der Waals surface area contributed by atoms with Gasteiger partial charge in [-0.15, -0.1) is 0 Å². The number of benzene rings is 1. The molecule has 2 bridgehead atoms. The van der Waals surface area contributed by atoms with Gasteiger partial charge in [0.1, 0.15) is 12.2 Å². The highest BCUT2D eigenvalue weighted by Crippen LogP contribution is 2.62. The molecule has 25 heavy (non-hydrogen) atoms. The maximum absolute atomic E-state index is 12.5. The van der Waals surface area contributed by atoms with E-state index in [0.29, 0.717) is 17.5 Å². The fourth-order valence-electron chi connectivity index (χ4n) is 5.62. The van der Waals surface area contributed by atoms with Gasteiger partial charge < -0.3 is 19.8 Å². The summed E-state index contributed by atoms with van der Waals surface area (Å²) in [5.41, 5.74) is 12.9. The van der Waals surface area contributed by atoms with Crippen LogP contribution in [-0.4, -0.2) is 47.0 Å². The van der Waals surface area contributed by atoms with E-state index in [1.54, 1.807) is 6.08 Å². The van der Waals surface area contributed by atoms with Crippen LogP contribution in [0.1, 0.15) is 17.5 Å². The largest absolute Gasteiger partial charge is 0.504 e. The minimum absolute atomic E-state index is 0.100. The van der Waals surface area contributed by atoms with Crippen LogP contribution < -0.4 is 21.0 Å². The summed E-state index contributed by atoms with van der Waals surface area (Å²) >= 11 is 0. The van der Waals surface area contributed by atoms with Crippen LogP contribution in [0.15, 0.2) is 18.2 Å². The minimum atomic E-state index is -3.55. The third-order valence-corrected chi connectivity index (χ3v) is 7.78. The monoisotopic (exact) mass is 363 g/mol. The number of ether oxygens (including phenoxy) is 1. The lowest BCUT2D eigenvalue weighted by Gasteiger charge is -2.56. The molecule has 1 spiro atoms. The zero-order valence-corrected chi connectivity index (χ0v) is 14.8. The predicted octanol–water partition coefficient (Wildman–Crippen LogP) is -0.0661. The zero-order valence-electron chi connectivity index (χ0n) is 13.9. The second-order valence-corrected chi connectivity index (χ2v) is 9.69. The summed E-state index contributed by atoms with van der Waals surface area (Å²) < 4.78 is 18.6. The number of likely N-dealkylation sites (tertiary alicyclic amines) is 1. The number of likely N-dealkylation sites (N-methyl/N-ethyl adjacent to an activating group) is 1. The van der Waals surface area contributed by atoms with Crippen molar-refractivity contribution in [1.29, 1.82) is 0 Å². The summed E-state index contributed by atoms with van der Waals surface area (Å²) in [4.78, 5) is 2.30. The fraction of sp³-hybridized carbons (Fsp3) is 0.529. The molecule has 0 saturated carbocycles. The highest BCUT2D eigenvalue weighted by Gasteiger charge is 2.64. The van der Waals surface area contributed by atoms with Crippen molar-refractivity contribution in [3.63, 3.8) is 0 Å². The van der Waals surface area contributed by atoms with E-state index in [4.69, 9.17) is 15.7 Å². The van der Waals surface area contributed by atoms with Gasteiger partial charge in [-0.1, -0.05) is 12.2 Å². The Morgan fingerprint density at radius 1 is 1.40 bits per heavy atom. The first-order valence-electron chi connectivity index (χ1n) is 8.55. The number of rotatable bonds is 1. The molecule has 2 heterocycles. The Bertz CT molecular complexity index is 866. The fourth-order valence-corrected chi connectivity index (χ4v) is 6.56. The molecule has 2 aliphatic carbocycles. The topological polar surface area (TPSA) is 122 Å². The van der Waals surface area contributed by atoms with Gasteiger partial charge in [-0.05, 0) is 38.1 Å². The molecule has 6 N–H and O–H groups in total. The van der Waals surface area contributed by atoms with Crippen LogP contribution >= 0.6 is 7.44 Å². The standard InChI is InChI=1S/C17H22N3O4P/c1-20-5-4-17-9-2-3-11(21)16(17)24-15-12(22)7-13(25(18,19)23)8(14(15)17)6-10(9)20/h2-3,7,9-11,16,21-22H,4-6H2,1H3,(H4,18,19,23)/t9-,10+,11-,16-,17-/m0/s1. The van der Waals surface area contributed by atoms with Crippen molar-refractivity contribution in [2.75, 3.05) is 13.6 Å². The maximum Gasteiger partial charge on any atom is 0.235 e. The first-order valence-corrected chi connectivity index (χ1v) is 10.4. The molecule has 1 aromatic rings. The van der Waals surface area contributed by atoms with E-state index in [-0.39, 0.29) is 17.7 Å². The highest BCUT2D eigenvalue weighted by atomic mass is 31.2. The van der Waals surface area contributed by atoms with Gasteiger partial charge >= 0.3 is 0 Å². The van der Waals surface area contributed by atoms with Crippen LogP contribution in [0.3, 0.4) is 0 Å². The Hall–Kier alpha value is -1.37. The normalized spacial score (nSPS) is 38.4. The number of aromatic hydroxyl groups is 1. The van der Waals surface area contributed by atoms with E-state index in [1.165, 1.54) is 6.07 Å². The number of aliphatic hydroxyl groups is 1. The van der Waals surface area contributed by atoms with Crippen LogP contribution in [-0.2, 0) is 16.4 Å². The summed E-state index contributed by atoms with van der Waals surface area (Å²) in [6.45, 7) is 0.869. The average molecular weight is 363 g/mol. The van der Waals surface area contributed by atoms with E-state index in [0.717, 1.165) is 24.1 Å². The maximum atomic E-state index is 12.5. The second-order valence-electron chi connectivity index (χ2n) is 7.79. The summed E-state index contributed by atoms with van der Waals surface area (Å²) in [6.07, 6.45) is 4.12. The van der Waals surface area contributed by atoms with Crippen molar-refractivity contribution in [3.8, 4) is 11.5 Å². The molecule has 7 nitrogen and oxygen atoms in total. The summed E-state index contributed by atoms with van der Waals surface area (Å²) in [7, 11) is -1.47. The molecule has 5 rings (SSSR count). The van der Waals surface area contributed by atoms with Crippen LogP contribution in [0, 0.1) is 5.92 Å². The van der Waals surface area contributed by atoms with Crippen molar-refractivity contribution >= 4 is 12.7 Å². The molecular formula is C17H22N3O4P. The number of hydrogen-bond donors (Lipinski definition) is 4. The van der Waals surface area contributed by atoms with Crippen molar-refractivity contribution in [2.24, 2.45) is 16.9 Å². The third-order valence-electron chi connectivity index (χ3n) is 6.63. The Morgan fingerprint density at radius 3 is 2.88 bits per heavy atom. The highest BCUT2D eigenvalue weighted by molar-refractivity contribution is 7.67. The summed E-state index contributed by atoms with van der Waals surface area (Å²) in [6, 6.07) is 1.58. The number of nitrogens with zero attached hydrogens (tertiary/aromatic N) is 1. The van der Waals surface area contributed by atoms with E-state index in [1.807, 2.05) is 0 Å². The van der Waals surface area contributed by atoms with Crippen LogP contribution in [0.5, 0.6) is 11.5 Å². The predicted molar refractivity (Wildman–Crippen MR) is 93.2 cm³/mol. The molecule has 0 radical (unpaired) electrons. The molecule has 0 amide bonds. The summed E-state index contributed by atoms with van der Waals surface area (Å²) in [5.74, 6) is 0.461. The molecule has 8 heteroatoms. The van der Waals surface area contributed by atoms with Crippen molar-refractivity contribution < 1.29 is 19.5 Å². The number of phenolic OH excluding ortho intramolecular Hbond substituents is 1. The van der Waals surface area contributed by atoms with E-state index < -0.39 is 25.1 Å². The van der Waals surface area contributed by atoms with Crippen LogP contribution in [0.4, 0.5) is 0 Å². The van der Waals surface area contributed by atoms with Gasteiger partial charge in [-0.3, -0.25) is 15.6 Å². The molecule has 5 atom stereocenters. The minimum Gasteiger partial charge on any atom is -0.504 e. The quantitative estimate of drug-likeness (QED) is 0.407. The molecule has 4 aliphatic rings. The third kappa shape index (κ3) is 1.78. The second kappa shape index (κ2) is 4.67. The van der Waals surface area contributed by atoms with E-state index in [9.17, 15) is 14.8 Å². The Balaban J connectivity index is 1.88. The van der Waals surface area contributed by atoms with Crippen molar-refractivity contribution in [3.05, 3.63) is 29.3 Å². The molecule has 0 aromatic heterocycles. The lowest BCUT2D eigenvalue weighted by Crippen LogP contribution is -2.65. The van der Waals surface area contributed by atoms with E-state index >= 15 is 0 Å². The SMILES string of the molecule is CN1CC[C@]23c4c5c(P(N)(N)=O)cc(O)c4O[C@H]2[C@@H](O)C=C[C@H]3[C@H]1C5. The Kier molecular flexibility index (Phi) is 2.96. The number of hydrogen-bond acceptors (Lipinski definition) is 5. The number of aliphatic hydroxyl groups excluding tert-OH is 1. The van der Waals surface area contributed by atoms with Gasteiger partial charge in [0, 0.05) is 28.2 Å². The van der Waals surface area contributed by atoms with Gasteiger partial charge in [-0.25, -0.2) is 0 Å². The smallest absolute Gasteiger partial charge is 0.235 e. The molecular weight excluding hydrogens is 341 g/mol. The molecule has 0 unspecified atom stereocenters. The zero-order chi connectivity index (χ0) is 17.7. The van der Waals surface area contributed by atoms with E-state index in [2.05, 4.69) is 18.0 Å². The van der Waals surface area contributed by atoms with Crippen LogP contribution in [0.25, 0.3) is 0 Å². The lowest BCUT2D eigenvalue weighted by atomic mass is 9.53. The van der Waals surface area contributed by atoms with Gasteiger partial charge in [0.05, 0.1) is 0 Å². The molecule has 1 saturated heterocycles. The van der Waals surface area contributed by atoms with Crippen LogP contribution in [0.2, 0.25) is 0 Å². The molecule has 1 fully saturated rings. The van der Waals surface area contributed by atoms with Crippen molar-refractivity contribution in [1.82, 2.24) is 4.90 Å². The molecule has 1 aromatic carbocycles. The Labute approximate surface area is 145 Å². The molecule has 134 valence electrons. The van der Waals surface area contributed by atoms with Gasteiger partial charge in [0.2, 0.25) is 7.44 Å². The van der Waals surface area contributed by atoms with Gasteiger partial charge in [-0.2, -0.15) is 0 Å². The number of piperidine rings is 1. The van der Waals surface area contributed by atoms with Crippen molar-refractivity contribution in [2.45, 2.75) is 36.5 Å². The van der Waals surface area contributed by atoms with Gasteiger partial charge in [0.15, 0.2) is 11.5 Å².